The molecule has 0 radical (unpaired) electrons. The summed E-state index contributed by atoms with van der Waals surface area (Å²) in [6, 6.07) is -0.579. The summed E-state index contributed by atoms with van der Waals surface area (Å²) >= 11 is 3.72. The normalized spacial score (nSPS) is 9.43. The van der Waals surface area contributed by atoms with Gasteiger partial charge in [-0.1, -0.05) is 12.8 Å². The smallest absolute Gasteiger partial charge is 0.326 e. The summed E-state index contributed by atoms with van der Waals surface area (Å²) in [7, 11) is 0.652. The molecule has 0 spiro atoms. The van der Waals surface area contributed by atoms with Crippen molar-refractivity contribution in [3.05, 3.63) is 0 Å². The molecule has 0 aliphatic carbocycles. The van der Waals surface area contributed by atoms with Crippen molar-refractivity contribution in [3.63, 3.8) is 0 Å². The number of nitrogens with two attached hydrogens (primary N) is 1. The highest BCUT2D eigenvalue weighted by molar-refractivity contribution is 7.78. The number of hydrogen-bond donors (Lipinski definition) is 3. The van der Waals surface area contributed by atoms with Gasteiger partial charge >= 0.3 is 6.03 Å². The van der Waals surface area contributed by atoms with Gasteiger partial charge in [0.05, 0.1) is 0 Å². The SMILES string of the molecule is NC(=O)NN([SiH3])S. The first-order chi connectivity index (χ1) is 3.13. The summed E-state index contributed by atoms with van der Waals surface area (Å²) < 4.78 is 1.31. The van der Waals surface area contributed by atoms with Crippen LogP contribution in [0.4, 0.5) is 4.79 Å². The zero-order valence-electron chi connectivity index (χ0n) is 3.88. The maximum Gasteiger partial charge on any atom is 0.326 e. The summed E-state index contributed by atoms with van der Waals surface area (Å²) in [5.41, 5.74) is 6.88. The molecule has 6 heteroatoms. The third kappa shape index (κ3) is 5.80. The van der Waals surface area contributed by atoms with E-state index >= 15 is 0 Å². The van der Waals surface area contributed by atoms with Crippen molar-refractivity contribution in [2.75, 3.05) is 0 Å². The number of primary amides is 1. The molecule has 0 saturated carbocycles. The average Bonchev–Trinajstić information content (AvgIpc) is 1.27. The molecule has 0 aliphatic heterocycles. The summed E-state index contributed by atoms with van der Waals surface area (Å²) in [5.74, 6) is 0. The Hall–Kier alpha value is -0.203. The first kappa shape index (κ1) is 6.80. The Morgan fingerprint density at radius 2 is 2.43 bits per heavy atom. The van der Waals surface area contributed by atoms with Gasteiger partial charge in [0, 0.05) is 0 Å². The lowest BCUT2D eigenvalue weighted by atomic mass is 11.2. The Morgan fingerprint density at radius 3 is 2.43 bits per heavy atom. The van der Waals surface area contributed by atoms with Crippen molar-refractivity contribution < 1.29 is 4.79 Å². The molecular formula is CH7N3OSSi. The van der Waals surface area contributed by atoms with E-state index in [0.29, 0.717) is 10.4 Å². The number of carbonyl (C=O) groups excluding carboxylic acids is 1. The molecule has 7 heavy (non-hydrogen) atoms. The molecule has 0 atom stereocenters. The molecule has 0 rings (SSSR count). The summed E-state index contributed by atoms with van der Waals surface area (Å²) in [5, 5.41) is 0. The number of rotatable bonds is 1. The van der Waals surface area contributed by atoms with Gasteiger partial charge in [0.2, 0.25) is 0 Å². The third-order valence-corrected chi connectivity index (χ3v) is 0.596. The van der Waals surface area contributed by atoms with E-state index in [1.807, 2.05) is 0 Å². The van der Waals surface area contributed by atoms with Crippen molar-refractivity contribution >= 4 is 29.2 Å². The van der Waals surface area contributed by atoms with Crippen LogP contribution in [0.2, 0.25) is 0 Å². The lowest BCUT2D eigenvalue weighted by molar-refractivity contribution is 0.242. The minimum atomic E-state index is -0.579. The van der Waals surface area contributed by atoms with Crippen LogP contribution in [0.3, 0.4) is 0 Å². The van der Waals surface area contributed by atoms with Gasteiger partial charge in [0.15, 0.2) is 0 Å². The van der Waals surface area contributed by atoms with Crippen LogP contribution >= 0.6 is 12.8 Å². The first-order valence-corrected chi connectivity index (χ1v) is 2.91. The van der Waals surface area contributed by atoms with E-state index in [2.05, 4.69) is 24.0 Å². The molecular weight excluding hydrogens is 130 g/mol. The Balaban J connectivity index is 3.13. The lowest BCUT2D eigenvalue weighted by Crippen LogP contribution is -2.37. The maximum atomic E-state index is 9.85. The van der Waals surface area contributed by atoms with E-state index < -0.39 is 6.03 Å². The van der Waals surface area contributed by atoms with Gasteiger partial charge in [-0.2, -0.15) is 0 Å². The highest BCUT2D eigenvalue weighted by Gasteiger charge is 1.88. The van der Waals surface area contributed by atoms with E-state index in [4.69, 9.17) is 0 Å². The van der Waals surface area contributed by atoms with Crippen LogP contribution in [-0.2, 0) is 0 Å². The summed E-state index contributed by atoms with van der Waals surface area (Å²) in [4.78, 5) is 9.85. The van der Waals surface area contributed by atoms with Crippen molar-refractivity contribution in [2.24, 2.45) is 5.73 Å². The predicted octanol–water partition coefficient (Wildman–Crippen LogP) is -2.00. The van der Waals surface area contributed by atoms with Crippen LogP contribution in [0.15, 0.2) is 0 Å². The topological polar surface area (TPSA) is 58.4 Å². The second kappa shape index (κ2) is 2.89. The number of amides is 2. The molecule has 0 aromatic heterocycles. The molecule has 0 fully saturated rings. The molecule has 2 amide bonds. The van der Waals surface area contributed by atoms with Gasteiger partial charge < -0.3 is 5.73 Å². The van der Waals surface area contributed by atoms with Gasteiger partial charge in [-0.05, 0) is 0 Å². The van der Waals surface area contributed by atoms with Crippen molar-refractivity contribution in [2.45, 2.75) is 0 Å². The van der Waals surface area contributed by atoms with E-state index in [1.54, 1.807) is 0 Å². The maximum absolute atomic E-state index is 9.85. The van der Waals surface area contributed by atoms with Crippen LogP contribution in [-0.4, -0.2) is 20.5 Å². The van der Waals surface area contributed by atoms with Gasteiger partial charge in [-0.25, -0.2) is 8.87 Å². The summed E-state index contributed by atoms with van der Waals surface area (Å²) in [6.45, 7) is 0. The number of carbonyl (C=O) groups is 1. The Morgan fingerprint density at radius 1 is 2.00 bits per heavy atom. The number of thiol groups is 1. The predicted molar refractivity (Wildman–Crippen MR) is 33.5 cm³/mol. The van der Waals surface area contributed by atoms with Gasteiger partial charge in [-0.15, -0.1) is 0 Å². The Kier molecular flexibility index (Phi) is 2.80. The van der Waals surface area contributed by atoms with Crippen LogP contribution in [0.25, 0.3) is 0 Å². The Labute approximate surface area is 50.1 Å². The van der Waals surface area contributed by atoms with Crippen molar-refractivity contribution in [3.8, 4) is 0 Å². The third-order valence-electron chi connectivity index (χ3n) is 0.272. The minimum Gasteiger partial charge on any atom is -0.351 e. The monoisotopic (exact) mass is 137 g/mol. The molecule has 42 valence electrons. The molecule has 0 bridgehead atoms. The number of nitrogens with zero attached hydrogens (tertiary/aromatic N) is 1. The van der Waals surface area contributed by atoms with E-state index in [-0.39, 0.29) is 0 Å². The second-order valence-corrected chi connectivity index (χ2v) is 3.25. The fourth-order valence-electron chi connectivity index (χ4n) is 0.159. The molecule has 4 nitrogen and oxygen atoms in total. The van der Waals surface area contributed by atoms with E-state index in [9.17, 15) is 4.79 Å². The van der Waals surface area contributed by atoms with Crippen LogP contribution in [0.1, 0.15) is 0 Å². The van der Waals surface area contributed by atoms with Gasteiger partial charge in [-0.3, -0.25) is 5.43 Å². The fraction of sp³-hybridized carbons (Fsp3) is 0. The quantitative estimate of drug-likeness (QED) is 0.222. The molecule has 0 heterocycles. The molecule has 0 aromatic rings. The number of hydrazine groups is 1. The van der Waals surface area contributed by atoms with Crippen LogP contribution in [0.5, 0.6) is 0 Å². The highest BCUT2D eigenvalue weighted by atomic mass is 32.1. The lowest BCUT2D eigenvalue weighted by Gasteiger charge is -2.05. The zero-order valence-corrected chi connectivity index (χ0v) is 6.77. The van der Waals surface area contributed by atoms with Crippen LogP contribution in [0, 0.1) is 0 Å². The van der Waals surface area contributed by atoms with Gasteiger partial charge in [0.25, 0.3) is 0 Å². The molecule has 0 aliphatic rings. The minimum absolute atomic E-state index is 0.579. The molecule has 3 N–H and O–H groups in total. The Bertz CT molecular complexity index is 75.3. The number of hydrogen-bond acceptors (Lipinski definition) is 3. The zero-order chi connectivity index (χ0) is 5.86. The van der Waals surface area contributed by atoms with E-state index in [1.165, 1.54) is 4.08 Å². The second-order valence-electron chi connectivity index (χ2n) is 1.000. The van der Waals surface area contributed by atoms with Crippen molar-refractivity contribution in [1.29, 1.82) is 0 Å². The summed E-state index contributed by atoms with van der Waals surface area (Å²) in [6.07, 6.45) is 0. The number of nitrogens with one attached hydrogen (secondary N) is 1. The van der Waals surface area contributed by atoms with E-state index in [0.717, 1.165) is 0 Å². The molecule has 0 unspecified atom stereocenters. The van der Waals surface area contributed by atoms with Crippen molar-refractivity contribution in [1.82, 2.24) is 9.51 Å². The molecule has 0 aromatic carbocycles. The molecule has 0 saturated heterocycles. The average molecular weight is 137 g/mol. The van der Waals surface area contributed by atoms with Gasteiger partial charge in [0.1, 0.15) is 10.4 Å². The fourth-order valence-corrected chi connectivity index (χ4v) is 0.478. The standard InChI is InChI=1S/CH7N3OSSi/c2-1(5)3-4(6)7/h6H,7H3,(H3,2,3,5). The largest absolute Gasteiger partial charge is 0.351 e. The first-order valence-electron chi connectivity index (χ1n) is 1.61. The van der Waals surface area contributed by atoms with Crippen LogP contribution < -0.4 is 11.2 Å². The number of urea groups is 1. The highest BCUT2D eigenvalue weighted by Crippen LogP contribution is 1.72.